The number of rotatable bonds is 5. The number of pyridine rings is 1. The van der Waals surface area contributed by atoms with E-state index in [9.17, 15) is 4.79 Å². The lowest BCUT2D eigenvalue weighted by molar-refractivity contribution is 0.00672. The number of carbonyl (C=O) groups is 1. The Kier molecular flexibility index (Phi) is 5.34. The summed E-state index contributed by atoms with van der Waals surface area (Å²) in [5, 5.41) is 8.35. The molecule has 0 saturated carbocycles. The standard InChI is InChI=1S/C18H27N5O2/c1-12(2)16(23-5-7-25-8-6-23)11-20-18(24)14-9-15-13(3)21-22(4)17(15)19-10-14/h9-10,12,16H,5-8,11H2,1-4H3,(H,20,24)/t16-/m0/s1. The van der Waals surface area contributed by atoms with E-state index >= 15 is 0 Å². The second-order valence-electron chi connectivity index (χ2n) is 6.97. The fourth-order valence-corrected chi connectivity index (χ4v) is 3.43. The van der Waals surface area contributed by atoms with Gasteiger partial charge in [0.05, 0.1) is 24.5 Å². The Morgan fingerprint density at radius 2 is 2.08 bits per heavy atom. The van der Waals surface area contributed by atoms with Gasteiger partial charge >= 0.3 is 0 Å². The molecule has 0 spiro atoms. The molecule has 1 amide bonds. The molecule has 0 unspecified atom stereocenters. The number of nitrogens with zero attached hydrogens (tertiary/aromatic N) is 4. The SMILES string of the molecule is Cc1nn(C)c2ncc(C(=O)NC[C@@H](C(C)C)N3CCOCC3)cc12. The topological polar surface area (TPSA) is 72.3 Å². The second kappa shape index (κ2) is 7.49. The molecular formula is C18H27N5O2. The Balaban J connectivity index is 1.69. The third-order valence-electron chi connectivity index (χ3n) is 4.88. The van der Waals surface area contributed by atoms with Crippen LogP contribution in [0.2, 0.25) is 0 Å². The molecule has 1 atom stereocenters. The van der Waals surface area contributed by atoms with Gasteiger partial charge in [0.2, 0.25) is 0 Å². The summed E-state index contributed by atoms with van der Waals surface area (Å²) < 4.78 is 7.17. The van der Waals surface area contributed by atoms with Crippen LogP contribution in [0, 0.1) is 12.8 Å². The average molecular weight is 345 g/mol. The maximum absolute atomic E-state index is 12.6. The molecule has 136 valence electrons. The molecule has 1 aliphatic heterocycles. The van der Waals surface area contributed by atoms with Gasteiger partial charge in [-0.2, -0.15) is 5.10 Å². The summed E-state index contributed by atoms with van der Waals surface area (Å²) >= 11 is 0. The highest BCUT2D eigenvalue weighted by molar-refractivity contribution is 5.97. The van der Waals surface area contributed by atoms with Gasteiger partial charge in [-0.1, -0.05) is 13.8 Å². The number of carbonyl (C=O) groups excluding carboxylic acids is 1. The van der Waals surface area contributed by atoms with Gasteiger partial charge in [0.1, 0.15) is 0 Å². The van der Waals surface area contributed by atoms with E-state index in [4.69, 9.17) is 4.74 Å². The van der Waals surface area contributed by atoms with Crippen molar-refractivity contribution in [2.24, 2.45) is 13.0 Å². The summed E-state index contributed by atoms with van der Waals surface area (Å²) in [5.41, 5.74) is 2.25. The highest BCUT2D eigenvalue weighted by Crippen LogP contribution is 2.17. The normalized spacial score (nSPS) is 17.2. The minimum absolute atomic E-state index is 0.0865. The summed E-state index contributed by atoms with van der Waals surface area (Å²) in [5.74, 6) is 0.371. The number of ether oxygens (including phenoxy) is 1. The second-order valence-corrected chi connectivity index (χ2v) is 6.97. The summed E-state index contributed by atoms with van der Waals surface area (Å²) in [6.07, 6.45) is 1.62. The quantitative estimate of drug-likeness (QED) is 0.886. The van der Waals surface area contributed by atoms with Crippen LogP contribution in [0.4, 0.5) is 0 Å². The molecule has 0 bridgehead atoms. The molecule has 7 nitrogen and oxygen atoms in total. The molecule has 1 saturated heterocycles. The van der Waals surface area contributed by atoms with E-state index in [-0.39, 0.29) is 5.91 Å². The van der Waals surface area contributed by atoms with Gasteiger partial charge < -0.3 is 10.1 Å². The number of amides is 1. The molecule has 2 aromatic rings. The zero-order chi connectivity index (χ0) is 18.0. The molecule has 0 radical (unpaired) electrons. The van der Waals surface area contributed by atoms with Crippen molar-refractivity contribution in [1.82, 2.24) is 25.0 Å². The lowest BCUT2D eigenvalue weighted by atomic mass is 10.0. The van der Waals surface area contributed by atoms with Crippen molar-refractivity contribution < 1.29 is 9.53 Å². The van der Waals surface area contributed by atoms with Gasteiger partial charge in [-0.15, -0.1) is 0 Å². The number of hydrogen-bond donors (Lipinski definition) is 1. The Morgan fingerprint density at radius 3 is 2.76 bits per heavy atom. The monoisotopic (exact) mass is 345 g/mol. The Labute approximate surface area is 148 Å². The highest BCUT2D eigenvalue weighted by atomic mass is 16.5. The summed E-state index contributed by atoms with van der Waals surface area (Å²) in [6, 6.07) is 2.18. The lowest BCUT2D eigenvalue weighted by Gasteiger charge is -2.36. The van der Waals surface area contributed by atoms with Crippen LogP contribution >= 0.6 is 0 Å². The maximum Gasteiger partial charge on any atom is 0.252 e. The minimum atomic E-state index is -0.0865. The fourth-order valence-electron chi connectivity index (χ4n) is 3.43. The van der Waals surface area contributed by atoms with Crippen LogP contribution in [0.25, 0.3) is 11.0 Å². The number of nitrogens with one attached hydrogen (secondary N) is 1. The van der Waals surface area contributed by atoms with Crippen molar-refractivity contribution in [3.8, 4) is 0 Å². The third kappa shape index (κ3) is 3.82. The van der Waals surface area contributed by atoms with Gasteiger partial charge in [0.25, 0.3) is 5.91 Å². The molecule has 3 heterocycles. The Hall–Kier alpha value is -1.99. The smallest absolute Gasteiger partial charge is 0.252 e. The Morgan fingerprint density at radius 1 is 1.36 bits per heavy atom. The first-order valence-corrected chi connectivity index (χ1v) is 8.86. The Bertz CT molecular complexity index is 749. The van der Waals surface area contributed by atoms with Gasteiger partial charge in [0, 0.05) is 44.3 Å². The van der Waals surface area contributed by atoms with Crippen LogP contribution in [0.5, 0.6) is 0 Å². The fraction of sp³-hybridized carbons (Fsp3) is 0.611. The van der Waals surface area contributed by atoms with Crippen molar-refractivity contribution in [2.75, 3.05) is 32.8 Å². The largest absolute Gasteiger partial charge is 0.379 e. The van der Waals surface area contributed by atoms with Crippen LogP contribution in [0.3, 0.4) is 0 Å². The summed E-state index contributed by atoms with van der Waals surface area (Å²) in [7, 11) is 1.86. The summed E-state index contributed by atoms with van der Waals surface area (Å²) in [4.78, 5) is 19.4. The maximum atomic E-state index is 12.6. The first kappa shape index (κ1) is 17.8. The first-order valence-electron chi connectivity index (χ1n) is 8.86. The third-order valence-corrected chi connectivity index (χ3v) is 4.88. The number of morpholine rings is 1. The number of aromatic nitrogens is 3. The van der Waals surface area contributed by atoms with Crippen LogP contribution < -0.4 is 5.32 Å². The van der Waals surface area contributed by atoms with Crippen molar-refractivity contribution in [3.63, 3.8) is 0 Å². The van der Waals surface area contributed by atoms with E-state index in [2.05, 4.69) is 34.1 Å². The van der Waals surface area contributed by atoms with Crippen molar-refractivity contribution in [3.05, 3.63) is 23.5 Å². The average Bonchev–Trinajstić information content (AvgIpc) is 2.89. The van der Waals surface area contributed by atoms with Gasteiger partial charge in [0.15, 0.2) is 5.65 Å². The predicted molar refractivity (Wildman–Crippen MR) is 96.6 cm³/mol. The zero-order valence-corrected chi connectivity index (χ0v) is 15.5. The van der Waals surface area contributed by atoms with Crippen molar-refractivity contribution in [2.45, 2.75) is 26.8 Å². The number of fused-ring (bicyclic) bond motifs is 1. The minimum Gasteiger partial charge on any atom is -0.379 e. The lowest BCUT2D eigenvalue weighted by Crippen LogP contribution is -2.51. The van der Waals surface area contributed by atoms with E-state index < -0.39 is 0 Å². The van der Waals surface area contributed by atoms with Crippen LogP contribution in [-0.4, -0.2) is 64.5 Å². The predicted octanol–water partition coefficient (Wildman–Crippen LogP) is 1.36. The van der Waals surface area contributed by atoms with Gasteiger partial charge in [-0.05, 0) is 18.9 Å². The van der Waals surface area contributed by atoms with Crippen LogP contribution in [0.1, 0.15) is 29.9 Å². The first-order chi connectivity index (χ1) is 12.0. The highest BCUT2D eigenvalue weighted by Gasteiger charge is 2.24. The molecule has 1 N–H and O–H groups in total. The van der Waals surface area contributed by atoms with E-state index in [0.717, 1.165) is 43.0 Å². The van der Waals surface area contributed by atoms with Crippen molar-refractivity contribution in [1.29, 1.82) is 0 Å². The van der Waals surface area contributed by atoms with E-state index in [1.807, 2.05) is 20.0 Å². The number of hydrogen-bond acceptors (Lipinski definition) is 5. The van der Waals surface area contributed by atoms with E-state index in [1.165, 1.54) is 0 Å². The molecular weight excluding hydrogens is 318 g/mol. The van der Waals surface area contributed by atoms with Gasteiger partial charge in [-0.25, -0.2) is 4.98 Å². The van der Waals surface area contributed by atoms with Crippen LogP contribution in [0.15, 0.2) is 12.3 Å². The molecule has 25 heavy (non-hydrogen) atoms. The summed E-state index contributed by atoms with van der Waals surface area (Å²) in [6.45, 7) is 10.3. The molecule has 2 aromatic heterocycles. The van der Waals surface area contributed by atoms with Crippen LogP contribution in [-0.2, 0) is 11.8 Å². The molecule has 1 fully saturated rings. The molecule has 7 heteroatoms. The zero-order valence-electron chi connectivity index (χ0n) is 15.5. The molecule has 1 aliphatic rings. The van der Waals surface area contributed by atoms with Crippen molar-refractivity contribution >= 4 is 16.9 Å². The number of aryl methyl sites for hydroxylation is 2. The molecule has 0 aromatic carbocycles. The molecule has 3 rings (SSSR count). The van der Waals surface area contributed by atoms with E-state index in [1.54, 1.807) is 10.9 Å². The molecule has 0 aliphatic carbocycles. The van der Waals surface area contributed by atoms with E-state index in [0.29, 0.717) is 24.1 Å². The van der Waals surface area contributed by atoms with Gasteiger partial charge in [-0.3, -0.25) is 14.4 Å².